The van der Waals surface area contributed by atoms with Gasteiger partial charge in [0.1, 0.15) is 0 Å². The first-order chi connectivity index (χ1) is 8.92. The summed E-state index contributed by atoms with van der Waals surface area (Å²) in [5, 5.41) is 0. The maximum absolute atomic E-state index is 2.80. The molecule has 98 valence electrons. The van der Waals surface area contributed by atoms with Gasteiger partial charge in [-0.1, -0.05) is 23.3 Å². The van der Waals surface area contributed by atoms with E-state index in [1.54, 1.807) is 0 Å². The van der Waals surface area contributed by atoms with Gasteiger partial charge >= 0.3 is 0 Å². The van der Waals surface area contributed by atoms with Crippen LogP contribution in [0.2, 0.25) is 0 Å². The molecule has 0 radical (unpaired) electrons. The first-order valence-corrected chi connectivity index (χ1v) is 8.01. The summed E-state index contributed by atoms with van der Waals surface area (Å²) in [7, 11) is 0. The average Bonchev–Trinajstić information content (AvgIpc) is 3.05. The van der Waals surface area contributed by atoms with Crippen LogP contribution in [0.1, 0.15) is 51.4 Å². The Balaban J connectivity index is 1.46. The van der Waals surface area contributed by atoms with Crippen molar-refractivity contribution in [3.63, 3.8) is 0 Å². The molecule has 0 aromatic heterocycles. The van der Waals surface area contributed by atoms with Gasteiger partial charge in [-0.25, -0.2) is 0 Å². The van der Waals surface area contributed by atoms with Crippen LogP contribution >= 0.6 is 0 Å². The molecule has 0 aromatic rings. The topological polar surface area (TPSA) is 3.24 Å². The maximum atomic E-state index is 2.80. The van der Waals surface area contributed by atoms with Crippen molar-refractivity contribution in [2.75, 3.05) is 13.1 Å². The van der Waals surface area contributed by atoms with Gasteiger partial charge in [0.15, 0.2) is 0 Å². The molecule has 1 heterocycles. The van der Waals surface area contributed by atoms with Crippen molar-refractivity contribution in [2.45, 2.75) is 57.4 Å². The van der Waals surface area contributed by atoms with Crippen molar-refractivity contribution in [1.82, 2.24) is 4.90 Å². The summed E-state index contributed by atoms with van der Waals surface area (Å²) in [6, 6.07) is 0.933. The molecule has 0 amide bonds. The molecule has 0 N–H and O–H groups in total. The first-order valence-electron chi connectivity index (χ1n) is 8.01. The summed E-state index contributed by atoms with van der Waals surface area (Å²) in [5.41, 5.74) is 3.69. The second kappa shape index (κ2) is 4.52. The van der Waals surface area contributed by atoms with Crippen molar-refractivity contribution in [3.8, 4) is 0 Å². The lowest BCUT2D eigenvalue weighted by molar-refractivity contribution is 0.136. The van der Waals surface area contributed by atoms with Crippen molar-refractivity contribution in [1.29, 1.82) is 0 Å². The van der Waals surface area contributed by atoms with Crippen molar-refractivity contribution < 1.29 is 0 Å². The van der Waals surface area contributed by atoms with Crippen LogP contribution in [0.5, 0.6) is 0 Å². The first kappa shape index (κ1) is 11.3. The van der Waals surface area contributed by atoms with Gasteiger partial charge in [-0.05, 0) is 76.3 Å². The molecular weight excluding hydrogens is 218 g/mol. The average molecular weight is 243 g/mol. The third-order valence-electron chi connectivity index (χ3n) is 5.89. The quantitative estimate of drug-likeness (QED) is 0.631. The highest BCUT2D eigenvalue weighted by Gasteiger charge is 2.40. The summed E-state index contributed by atoms with van der Waals surface area (Å²) < 4.78 is 0. The van der Waals surface area contributed by atoms with Crippen LogP contribution in [-0.2, 0) is 0 Å². The second-order valence-electron chi connectivity index (χ2n) is 6.79. The molecule has 4 aliphatic rings. The Kier molecular flexibility index (Phi) is 2.83. The molecule has 0 aromatic carbocycles. The smallest absolute Gasteiger partial charge is 0.00984 e. The van der Waals surface area contributed by atoms with E-state index in [1.165, 1.54) is 64.5 Å². The van der Waals surface area contributed by atoms with E-state index in [0.29, 0.717) is 0 Å². The molecular formula is C17H25N. The number of hydrogen-bond donors (Lipinski definition) is 0. The Hall–Kier alpha value is -0.560. The fourth-order valence-electron chi connectivity index (χ4n) is 5.02. The Bertz CT molecular complexity index is 386. The fourth-order valence-corrected chi connectivity index (χ4v) is 5.02. The standard InChI is InChI=1S/C17H25N/c1-2-6-16-13(5-1)11-14-12-15(7-8-17(14)16)18-9-3-4-10-18/h1-2,14-15,17H,3-12H2. The van der Waals surface area contributed by atoms with Gasteiger partial charge in [0, 0.05) is 6.04 Å². The zero-order valence-electron chi connectivity index (χ0n) is 11.4. The van der Waals surface area contributed by atoms with E-state index in [9.17, 15) is 0 Å². The van der Waals surface area contributed by atoms with Crippen molar-refractivity contribution >= 4 is 0 Å². The summed E-state index contributed by atoms with van der Waals surface area (Å²) in [4.78, 5) is 2.80. The second-order valence-corrected chi connectivity index (χ2v) is 6.79. The van der Waals surface area contributed by atoms with Crippen LogP contribution in [0.15, 0.2) is 23.3 Å². The zero-order valence-corrected chi connectivity index (χ0v) is 11.4. The number of hydrogen-bond acceptors (Lipinski definition) is 1. The molecule has 2 fully saturated rings. The summed E-state index contributed by atoms with van der Waals surface area (Å²) in [6.07, 6.45) is 16.2. The molecule has 1 saturated heterocycles. The minimum absolute atomic E-state index is 0.933. The van der Waals surface area contributed by atoms with E-state index in [1.807, 2.05) is 11.1 Å². The number of rotatable bonds is 1. The summed E-state index contributed by atoms with van der Waals surface area (Å²) in [5.74, 6) is 1.98. The van der Waals surface area contributed by atoms with Crippen LogP contribution in [0.4, 0.5) is 0 Å². The molecule has 1 aliphatic heterocycles. The van der Waals surface area contributed by atoms with Crippen LogP contribution in [-0.4, -0.2) is 24.0 Å². The van der Waals surface area contributed by atoms with Gasteiger partial charge in [0.05, 0.1) is 0 Å². The van der Waals surface area contributed by atoms with Gasteiger partial charge in [-0.2, -0.15) is 0 Å². The van der Waals surface area contributed by atoms with Crippen LogP contribution in [0, 0.1) is 11.8 Å². The molecule has 3 aliphatic carbocycles. The Morgan fingerprint density at radius 1 is 1.00 bits per heavy atom. The molecule has 4 rings (SSSR count). The molecule has 1 nitrogen and oxygen atoms in total. The minimum Gasteiger partial charge on any atom is -0.300 e. The SMILES string of the molecule is C1=CCC2=C(C1)CC1CC(N3CCCC3)CCC21. The maximum Gasteiger partial charge on any atom is 0.00984 e. The predicted molar refractivity (Wildman–Crippen MR) is 75.4 cm³/mol. The van der Waals surface area contributed by atoms with E-state index < -0.39 is 0 Å². The molecule has 3 unspecified atom stereocenters. The highest BCUT2D eigenvalue weighted by Crippen LogP contribution is 2.50. The molecule has 0 bridgehead atoms. The Morgan fingerprint density at radius 2 is 1.83 bits per heavy atom. The Labute approximate surface area is 111 Å². The number of likely N-dealkylation sites (tertiary alicyclic amines) is 1. The third-order valence-corrected chi connectivity index (χ3v) is 5.89. The predicted octanol–water partition coefficient (Wildman–Crippen LogP) is 3.92. The van der Waals surface area contributed by atoms with Gasteiger partial charge in [0.25, 0.3) is 0 Å². The van der Waals surface area contributed by atoms with Crippen LogP contribution in [0.25, 0.3) is 0 Å². The minimum atomic E-state index is 0.933. The lowest BCUT2D eigenvalue weighted by Gasteiger charge is -2.38. The van der Waals surface area contributed by atoms with E-state index in [2.05, 4.69) is 17.1 Å². The number of fused-ring (bicyclic) bond motifs is 2. The molecule has 0 spiro atoms. The number of nitrogens with zero attached hydrogens (tertiary/aromatic N) is 1. The molecule has 1 saturated carbocycles. The lowest BCUT2D eigenvalue weighted by atomic mass is 9.75. The highest BCUT2D eigenvalue weighted by molar-refractivity contribution is 5.32. The monoisotopic (exact) mass is 243 g/mol. The van der Waals surface area contributed by atoms with Crippen molar-refractivity contribution in [2.24, 2.45) is 11.8 Å². The summed E-state index contributed by atoms with van der Waals surface area (Å²) >= 11 is 0. The Morgan fingerprint density at radius 3 is 2.72 bits per heavy atom. The van der Waals surface area contributed by atoms with Gasteiger partial charge in [0.2, 0.25) is 0 Å². The van der Waals surface area contributed by atoms with Gasteiger partial charge in [-0.3, -0.25) is 0 Å². The highest BCUT2D eigenvalue weighted by atomic mass is 15.2. The van der Waals surface area contributed by atoms with E-state index >= 15 is 0 Å². The molecule has 1 heteroatoms. The molecule has 3 atom stereocenters. The lowest BCUT2D eigenvalue weighted by Crippen LogP contribution is -2.38. The van der Waals surface area contributed by atoms with E-state index in [0.717, 1.165) is 17.9 Å². The summed E-state index contributed by atoms with van der Waals surface area (Å²) in [6.45, 7) is 2.77. The van der Waals surface area contributed by atoms with Crippen LogP contribution in [0.3, 0.4) is 0 Å². The van der Waals surface area contributed by atoms with Crippen molar-refractivity contribution in [3.05, 3.63) is 23.3 Å². The molecule has 18 heavy (non-hydrogen) atoms. The van der Waals surface area contributed by atoms with Gasteiger partial charge in [-0.15, -0.1) is 0 Å². The van der Waals surface area contributed by atoms with Crippen LogP contribution < -0.4 is 0 Å². The zero-order chi connectivity index (χ0) is 11.9. The van der Waals surface area contributed by atoms with E-state index in [4.69, 9.17) is 0 Å². The van der Waals surface area contributed by atoms with E-state index in [-0.39, 0.29) is 0 Å². The third kappa shape index (κ3) is 1.79. The number of allylic oxidation sites excluding steroid dienone is 4. The fraction of sp³-hybridized carbons (Fsp3) is 0.765. The largest absolute Gasteiger partial charge is 0.300 e. The normalized spacial score (nSPS) is 40.1. The van der Waals surface area contributed by atoms with Gasteiger partial charge < -0.3 is 4.90 Å².